The molecule has 26 heavy (non-hydrogen) atoms. The Balaban J connectivity index is 1.89. The van der Waals surface area contributed by atoms with Gasteiger partial charge in [-0.3, -0.25) is 4.79 Å². The summed E-state index contributed by atoms with van der Waals surface area (Å²) in [6, 6.07) is 12.0. The lowest BCUT2D eigenvalue weighted by Crippen LogP contribution is -2.23. The van der Waals surface area contributed by atoms with E-state index < -0.39 is 0 Å². The SMILES string of the molecule is COc1cc(OC)c(CNC(=O)CCCc2ccc(C)cc2)c(OC)c1. The van der Waals surface area contributed by atoms with Gasteiger partial charge in [0.25, 0.3) is 0 Å². The first kappa shape index (κ1) is 19.6. The number of nitrogens with one attached hydrogen (secondary N) is 1. The summed E-state index contributed by atoms with van der Waals surface area (Å²) < 4.78 is 16.0. The highest BCUT2D eigenvalue weighted by Crippen LogP contribution is 2.33. The zero-order chi connectivity index (χ0) is 18.9. The topological polar surface area (TPSA) is 56.8 Å². The summed E-state index contributed by atoms with van der Waals surface area (Å²) in [7, 11) is 4.76. The van der Waals surface area contributed by atoms with Gasteiger partial charge < -0.3 is 19.5 Å². The van der Waals surface area contributed by atoms with E-state index in [9.17, 15) is 4.79 Å². The number of methoxy groups -OCH3 is 3. The van der Waals surface area contributed by atoms with Crippen molar-refractivity contribution < 1.29 is 19.0 Å². The number of aryl methyl sites for hydroxylation is 2. The maximum Gasteiger partial charge on any atom is 0.220 e. The van der Waals surface area contributed by atoms with E-state index >= 15 is 0 Å². The molecule has 0 atom stereocenters. The maximum atomic E-state index is 12.2. The van der Waals surface area contributed by atoms with Crippen LogP contribution in [0.1, 0.15) is 29.5 Å². The number of hydrogen-bond donors (Lipinski definition) is 1. The second-order valence-corrected chi connectivity index (χ2v) is 6.13. The average molecular weight is 357 g/mol. The van der Waals surface area contributed by atoms with E-state index in [0.717, 1.165) is 18.4 Å². The predicted octanol–water partition coefficient (Wildman–Crippen LogP) is 3.66. The first-order valence-electron chi connectivity index (χ1n) is 8.68. The van der Waals surface area contributed by atoms with Crippen molar-refractivity contribution in [2.75, 3.05) is 21.3 Å². The van der Waals surface area contributed by atoms with E-state index in [1.165, 1.54) is 11.1 Å². The van der Waals surface area contributed by atoms with Crippen LogP contribution in [-0.2, 0) is 17.8 Å². The van der Waals surface area contributed by atoms with Gasteiger partial charge in [0.05, 0.1) is 33.4 Å². The number of benzene rings is 2. The van der Waals surface area contributed by atoms with Gasteiger partial charge in [-0.05, 0) is 25.3 Å². The highest BCUT2D eigenvalue weighted by Gasteiger charge is 2.14. The summed E-state index contributed by atoms with van der Waals surface area (Å²) in [5.74, 6) is 1.91. The van der Waals surface area contributed by atoms with Crippen molar-refractivity contribution in [1.29, 1.82) is 0 Å². The fourth-order valence-electron chi connectivity index (χ4n) is 2.74. The van der Waals surface area contributed by atoms with E-state index in [2.05, 4.69) is 36.5 Å². The summed E-state index contributed by atoms with van der Waals surface area (Å²) in [6.07, 6.45) is 2.18. The molecule has 0 aliphatic rings. The van der Waals surface area contributed by atoms with Crippen LogP contribution < -0.4 is 19.5 Å². The van der Waals surface area contributed by atoms with E-state index in [1.54, 1.807) is 33.5 Å². The molecule has 2 aromatic carbocycles. The lowest BCUT2D eigenvalue weighted by Gasteiger charge is -2.15. The Labute approximate surface area is 155 Å². The molecule has 0 saturated heterocycles. The first-order chi connectivity index (χ1) is 12.6. The van der Waals surface area contributed by atoms with Crippen molar-refractivity contribution in [3.05, 3.63) is 53.1 Å². The van der Waals surface area contributed by atoms with Gasteiger partial charge in [-0.1, -0.05) is 29.8 Å². The molecule has 0 aromatic heterocycles. The lowest BCUT2D eigenvalue weighted by atomic mass is 10.1. The minimum Gasteiger partial charge on any atom is -0.496 e. The van der Waals surface area contributed by atoms with E-state index in [-0.39, 0.29) is 5.91 Å². The van der Waals surface area contributed by atoms with Gasteiger partial charge in [0.1, 0.15) is 17.2 Å². The van der Waals surface area contributed by atoms with Crippen LogP contribution in [0.5, 0.6) is 17.2 Å². The third-order valence-corrected chi connectivity index (χ3v) is 4.27. The summed E-state index contributed by atoms with van der Waals surface area (Å²) in [5, 5.41) is 2.94. The molecule has 1 amide bonds. The Kier molecular flexibility index (Phi) is 7.33. The van der Waals surface area contributed by atoms with Crippen molar-refractivity contribution in [3.63, 3.8) is 0 Å². The highest BCUT2D eigenvalue weighted by molar-refractivity contribution is 5.76. The molecule has 5 heteroatoms. The minimum atomic E-state index is 0.0111. The van der Waals surface area contributed by atoms with Crippen LogP contribution in [0.4, 0.5) is 0 Å². The highest BCUT2D eigenvalue weighted by atomic mass is 16.5. The van der Waals surface area contributed by atoms with Crippen molar-refractivity contribution in [3.8, 4) is 17.2 Å². The van der Waals surface area contributed by atoms with Crippen molar-refractivity contribution in [1.82, 2.24) is 5.32 Å². The van der Waals surface area contributed by atoms with Gasteiger partial charge in [-0.2, -0.15) is 0 Å². The molecule has 0 fully saturated rings. The van der Waals surface area contributed by atoms with Crippen LogP contribution in [0, 0.1) is 6.92 Å². The molecule has 0 unspecified atom stereocenters. The molecule has 0 radical (unpaired) electrons. The van der Waals surface area contributed by atoms with Gasteiger partial charge in [-0.25, -0.2) is 0 Å². The van der Waals surface area contributed by atoms with Crippen molar-refractivity contribution >= 4 is 5.91 Å². The number of rotatable bonds is 9. The fraction of sp³-hybridized carbons (Fsp3) is 0.381. The molecular formula is C21H27NO4. The molecule has 0 heterocycles. The van der Waals surface area contributed by atoms with Crippen LogP contribution in [0.2, 0.25) is 0 Å². The number of amides is 1. The monoisotopic (exact) mass is 357 g/mol. The van der Waals surface area contributed by atoms with Gasteiger partial charge >= 0.3 is 0 Å². The molecule has 5 nitrogen and oxygen atoms in total. The molecule has 1 N–H and O–H groups in total. The Bertz CT molecular complexity index is 700. The van der Waals surface area contributed by atoms with Crippen molar-refractivity contribution in [2.45, 2.75) is 32.7 Å². The first-order valence-corrected chi connectivity index (χ1v) is 8.68. The Hall–Kier alpha value is -2.69. The fourth-order valence-corrected chi connectivity index (χ4v) is 2.74. The Morgan fingerprint density at radius 2 is 1.58 bits per heavy atom. The third kappa shape index (κ3) is 5.41. The number of ether oxygens (including phenoxy) is 3. The number of carbonyl (C=O) groups excluding carboxylic acids is 1. The number of hydrogen-bond acceptors (Lipinski definition) is 4. The van der Waals surface area contributed by atoms with Gasteiger partial charge in [0, 0.05) is 18.6 Å². The molecule has 140 valence electrons. The predicted molar refractivity (Wildman–Crippen MR) is 102 cm³/mol. The van der Waals surface area contributed by atoms with Crippen LogP contribution >= 0.6 is 0 Å². The van der Waals surface area contributed by atoms with Crippen LogP contribution in [0.15, 0.2) is 36.4 Å². The zero-order valence-corrected chi connectivity index (χ0v) is 15.9. The average Bonchev–Trinajstić information content (AvgIpc) is 2.67. The molecule has 0 aliphatic carbocycles. The Morgan fingerprint density at radius 1 is 0.962 bits per heavy atom. The summed E-state index contributed by atoms with van der Waals surface area (Å²) >= 11 is 0. The molecule has 0 spiro atoms. The Morgan fingerprint density at radius 3 is 2.12 bits per heavy atom. The molecule has 0 bridgehead atoms. The molecule has 2 rings (SSSR count). The quantitative estimate of drug-likeness (QED) is 0.744. The standard InChI is InChI=1S/C21H27NO4/c1-15-8-10-16(11-9-15)6-5-7-21(23)22-14-18-19(25-3)12-17(24-2)13-20(18)26-4/h8-13H,5-7,14H2,1-4H3,(H,22,23). The largest absolute Gasteiger partial charge is 0.496 e. The van der Waals surface area contributed by atoms with E-state index in [1.807, 2.05) is 0 Å². The maximum absolute atomic E-state index is 12.2. The van der Waals surface area contributed by atoms with Gasteiger partial charge in [0.15, 0.2) is 0 Å². The van der Waals surface area contributed by atoms with Crippen LogP contribution in [0.25, 0.3) is 0 Å². The second-order valence-electron chi connectivity index (χ2n) is 6.13. The molecular weight excluding hydrogens is 330 g/mol. The molecule has 2 aromatic rings. The van der Waals surface area contributed by atoms with Gasteiger partial charge in [-0.15, -0.1) is 0 Å². The number of carbonyl (C=O) groups is 1. The zero-order valence-electron chi connectivity index (χ0n) is 15.9. The third-order valence-electron chi connectivity index (χ3n) is 4.27. The molecule has 0 aliphatic heterocycles. The summed E-state index contributed by atoms with van der Waals surface area (Å²) in [4.78, 5) is 12.2. The van der Waals surface area contributed by atoms with Crippen LogP contribution in [0.3, 0.4) is 0 Å². The summed E-state index contributed by atoms with van der Waals surface area (Å²) in [5.41, 5.74) is 3.29. The van der Waals surface area contributed by atoms with Gasteiger partial charge in [0.2, 0.25) is 5.91 Å². The lowest BCUT2D eigenvalue weighted by molar-refractivity contribution is -0.121. The molecule has 0 saturated carbocycles. The van der Waals surface area contributed by atoms with E-state index in [4.69, 9.17) is 14.2 Å². The normalized spacial score (nSPS) is 10.3. The second kappa shape index (κ2) is 9.70. The summed E-state index contributed by atoms with van der Waals surface area (Å²) in [6.45, 7) is 2.42. The smallest absolute Gasteiger partial charge is 0.220 e. The minimum absolute atomic E-state index is 0.0111. The van der Waals surface area contributed by atoms with E-state index in [0.29, 0.717) is 30.2 Å². The van der Waals surface area contributed by atoms with Crippen molar-refractivity contribution in [2.24, 2.45) is 0 Å². The van der Waals surface area contributed by atoms with Crippen LogP contribution in [-0.4, -0.2) is 27.2 Å².